The summed E-state index contributed by atoms with van der Waals surface area (Å²) < 4.78 is 24.6. The van der Waals surface area contributed by atoms with Gasteiger partial charge in [0.25, 0.3) is 0 Å². The molecule has 0 spiro atoms. The van der Waals surface area contributed by atoms with Crippen molar-refractivity contribution in [3.63, 3.8) is 0 Å². The molecule has 0 aromatic rings. The highest BCUT2D eigenvalue weighted by Gasteiger charge is 2.27. The average Bonchev–Trinajstić information content (AvgIpc) is 0.893. The van der Waals surface area contributed by atoms with Crippen molar-refractivity contribution in [3.8, 4) is 0 Å². The van der Waals surface area contributed by atoms with E-state index in [1.807, 2.05) is 0 Å². The molecular weight excluding hydrogens is 1740 g/mol. The first-order valence-electron chi connectivity index (χ1n) is 63.5. The Hall–Kier alpha value is -3.26. The second-order valence-electron chi connectivity index (χ2n) is 45.6. The lowest BCUT2D eigenvalue weighted by Crippen LogP contribution is -2.41. The van der Waals surface area contributed by atoms with Crippen molar-refractivity contribution in [2.75, 3.05) is 67.6 Å². The van der Waals surface area contributed by atoms with E-state index in [0.717, 1.165) is 244 Å². The van der Waals surface area contributed by atoms with E-state index in [4.69, 9.17) is 18.9 Å². The third-order valence-electron chi connectivity index (χ3n) is 31.2. The van der Waals surface area contributed by atoms with Gasteiger partial charge in [0, 0.05) is 63.7 Å². The fraction of sp³-hybridized carbons (Fsp3) is 0.953. The van der Waals surface area contributed by atoms with Crippen LogP contribution in [0.2, 0.25) is 0 Å². The number of hydrogen-bond donors (Lipinski definition) is 0. The van der Waals surface area contributed by atoms with Crippen LogP contribution < -0.4 is 0 Å². The molecular formula is C127H248N4O10. The SMILES string of the molecule is CCCCCCCCCCN(C(=O)CCCN(C)C)C(CCCCCCCCC(=O)OCC(CCCCCC)CCCCCCCC)CCCCCCCCC(=O)OCC(CCCCCCCC)CCCCCCC(CC)CCCC(CCCCCC)OC(=O)CCCCCCCCC(CCCCCCCCC(=O)OC(CCCCCC)CCCCCC)N(CCCCCCCCC)C(=O)CCCN(C)C. The van der Waals surface area contributed by atoms with Crippen molar-refractivity contribution in [1.29, 1.82) is 0 Å². The van der Waals surface area contributed by atoms with Gasteiger partial charge in [0.1, 0.15) is 12.2 Å². The number of carbonyl (C=O) groups excluding carboxylic acids is 6. The molecule has 0 aromatic carbocycles. The van der Waals surface area contributed by atoms with E-state index in [2.05, 4.69) is 110 Å². The molecule has 0 fully saturated rings. The zero-order valence-corrected chi connectivity index (χ0v) is 97.3. The molecule has 2 amide bonds. The Morgan fingerprint density at radius 2 is 0.383 bits per heavy atom. The molecule has 0 heterocycles. The van der Waals surface area contributed by atoms with E-state index >= 15 is 0 Å². The number of amides is 2. The van der Waals surface area contributed by atoms with Crippen molar-refractivity contribution in [2.24, 2.45) is 17.8 Å². The van der Waals surface area contributed by atoms with Gasteiger partial charge in [-0.2, -0.15) is 0 Å². The van der Waals surface area contributed by atoms with Gasteiger partial charge in [0.05, 0.1) is 13.2 Å². The molecule has 6 atom stereocenters. The van der Waals surface area contributed by atoms with Crippen LogP contribution in [0.5, 0.6) is 0 Å². The van der Waals surface area contributed by atoms with Gasteiger partial charge < -0.3 is 38.5 Å². The summed E-state index contributed by atoms with van der Waals surface area (Å²) in [5.41, 5.74) is 0. The molecule has 836 valence electrons. The van der Waals surface area contributed by atoms with Crippen LogP contribution in [-0.2, 0) is 47.7 Å². The fourth-order valence-corrected chi connectivity index (χ4v) is 21.7. The Morgan fingerprint density at radius 1 is 0.184 bits per heavy atom. The summed E-state index contributed by atoms with van der Waals surface area (Å²) >= 11 is 0. The molecule has 141 heavy (non-hydrogen) atoms. The summed E-state index contributed by atoms with van der Waals surface area (Å²) in [4.78, 5) is 90.8. The second kappa shape index (κ2) is 108. The molecule has 0 rings (SSSR count). The number of hydrogen-bond acceptors (Lipinski definition) is 12. The van der Waals surface area contributed by atoms with Gasteiger partial charge in [-0.1, -0.05) is 480 Å². The third kappa shape index (κ3) is 93.7. The molecule has 0 aliphatic carbocycles. The van der Waals surface area contributed by atoms with Crippen molar-refractivity contribution in [1.82, 2.24) is 19.6 Å². The molecule has 14 heteroatoms. The lowest BCUT2D eigenvalue weighted by Gasteiger charge is -2.33. The summed E-state index contributed by atoms with van der Waals surface area (Å²) in [6.07, 6.45) is 109. The van der Waals surface area contributed by atoms with Crippen molar-refractivity contribution in [2.45, 2.75) is 697 Å². The predicted octanol–water partition coefficient (Wildman–Crippen LogP) is 38.5. The number of esters is 4. The fourth-order valence-electron chi connectivity index (χ4n) is 21.7. The normalized spacial score (nSPS) is 13.1. The lowest BCUT2D eigenvalue weighted by molar-refractivity contribution is -0.151. The minimum atomic E-state index is -0.00975. The van der Waals surface area contributed by atoms with E-state index in [9.17, 15) is 28.8 Å². The maximum Gasteiger partial charge on any atom is 0.306 e. The molecule has 0 aliphatic heterocycles. The van der Waals surface area contributed by atoms with Crippen LogP contribution in [-0.4, -0.2) is 147 Å². The largest absolute Gasteiger partial charge is 0.465 e. The molecule has 0 saturated carbocycles. The number of ether oxygens (including phenoxy) is 4. The summed E-state index contributed by atoms with van der Waals surface area (Å²) in [6.45, 7) is 25.4. The van der Waals surface area contributed by atoms with Crippen molar-refractivity contribution in [3.05, 3.63) is 0 Å². The first-order valence-corrected chi connectivity index (χ1v) is 63.5. The summed E-state index contributed by atoms with van der Waals surface area (Å²) in [5, 5.41) is 0. The first kappa shape index (κ1) is 138. The third-order valence-corrected chi connectivity index (χ3v) is 31.2. The highest BCUT2D eigenvalue weighted by Crippen LogP contribution is 2.31. The number of unbranched alkanes of at least 4 members (excludes halogenated alkanes) is 58. The molecule has 0 bridgehead atoms. The lowest BCUT2D eigenvalue weighted by atomic mass is 9.91. The molecule has 0 saturated heterocycles. The van der Waals surface area contributed by atoms with Gasteiger partial charge in [-0.25, -0.2) is 0 Å². The molecule has 0 aromatic heterocycles. The van der Waals surface area contributed by atoms with Crippen LogP contribution in [0, 0.1) is 17.8 Å². The molecule has 14 nitrogen and oxygen atoms in total. The van der Waals surface area contributed by atoms with Crippen LogP contribution in [0.15, 0.2) is 0 Å². The summed E-state index contributed by atoms with van der Waals surface area (Å²) in [5.74, 6) is 2.39. The number of carbonyl (C=O) groups is 6. The Balaban J connectivity index is 5.53. The summed E-state index contributed by atoms with van der Waals surface area (Å²) in [7, 11) is 8.45. The van der Waals surface area contributed by atoms with Gasteiger partial charge in [0.2, 0.25) is 11.8 Å². The molecule has 0 N–H and O–H groups in total. The van der Waals surface area contributed by atoms with Crippen LogP contribution in [0.3, 0.4) is 0 Å². The average molecular weight is 1990 g/mol. The minimum Gasteiger partial charge on any atom is -0.465 e. The quantitative estimate of drug-likeness (QED) is 0.0324. The van der Waals surface area contributed by atoms with Gasteiger partial charge in [0.15, 0.2) is 0 Å². The van der Waals surface area contributed by atoms with E-state index < -0.39 is 0 Å². The zero-order chi connectivity index (χ0) is 103. The molecule has 0 radical (unpaired) electrons. The maximum atomic E-state index is 14.3. The summed E-state index contributed by atoms with van der Waals surface area (Å²) in [6, 6.07) is 0.586. The van der Waals surface area contributed by atoms with E-state index in [0.29, 0.717) is 93.4 Å². The topological polar surface area (TPSA) is 152 Å². The minimum absolute atomic E-state index is 0.0000112. The van der Waals surface area contributed by atoms with Gasteiger partial charge in [-0.15, -0.1) is 0 Å². The second-order valence-corrected chi connectivity index (χ2v) is 45.6. The standard InChI is InChI=1S/C127H248N4O10/c1-14-23-31-39-43-53-67-85-112-131(123(133)104-88-110-129(12)13)119(95-73-56-44-48-60-80-105-124(134)138-113-116(90-68-35-27-18-5)91-70-54-41-33-25-16-3)96-74-57-45-49-61-81-106-125(135)139-114-117(92-71-55-42-34-26-17-4)93-72-65-64-69-89-115(22-9)94-86-102-121(101-79-38-30-21-8)141-127(137)108-83-63-51-47-59-76-98-118(130(122(132)103-87-109-128(10)11)111-84-66-52-40-32-24-15-2)97-75-58-46-50-62-82-107-126(136)140-120(99-77-36-28-19-6)100-78-37-29-20-7/h115-121H,14-114H2,1-13H3. The Bertz CT molecular complexity index is 2630. The van der Waals surface area contributed by atoms with E-state index in [1.54, 1.807) is 0 Å². The zero-order valence-electron chi connectivity index (χ0n) is 97.3. The molecule has 0 aliphatic rings. The van der Waals surface area contributed by atoms with E-state index in [-0.39, 0.29) is 36.1 Å². The molecule has 6 unspecified atom stereocenters. The highest BCUT2D eigenvalue weighted by molar-refractivity contribution is 5.77. The van der Waals surface area contributed by atoms with E-state index in [1.165, 1.54) is 353 Å². The maximum absolute atomic E-state index is 14.3. The van der Waals surface area contributed by atoms with Crippen LogP contribution in [0.4, 0.5) is 0 Å². The van der Waals surface area contributed by atoms with Gasteiger partial charge in [-0.3, -0.25) is 28.8 Å². The van der Waals surface area contributed by atoms with Crippen LogP contribution in [0.25, 0.3) is 0 Å². The number of rotatable bonds is 115. The van der Waals surface area contributed by atoms with Crippen LogP contribution >= 0.6 is 0 Å². The van der Waals surface area contributed by atoms with Gasteiger partial charge >= 0.3 is 23.9 Å². The van der Waals surface area contributed by atoms with Crippen molar-refractivity contribution >= 4 is 35.7 Å². The predicted molar refractivity (Wildman–Crippen MR) is 610 cm³/mol. The van der Waals surface area contributed by atoms with Gasteiger partial charge in [-0.05, 0) is 213 Å². The Labute approximate surface area is 879 Å². The van der Waals surface area contributed by atoms with Crippen molar-refractivity contribution < 1.29 is 47.7 Å². The number of nitrogens with zero attached hydrogens (tertiary/aromatic N) is 4. The Morgan fingerprint density at radius 3 is 0.638 bits per heavy atom. The first-order chi connectivity index (χ1) is 68.9. The smallest absolute Gasteiger partial charge is 0.306 e. The highest BCUT2D eigenvalue weighted by atomic mass is 16.6. The Kier molecular flexibility index (Phi) is 105. The monoisotopic (exact) mass is 1990 g/mol. The van der Waals surface area contributed by atoms with Crippen LogP contribution in [0.1, 0.15) is 672 Å².